The quantitative estimate of drug-likeness (QED) is 0.690. The molecule has 2 amide bonds. The first-order valence-electron chi connectivity index (χ1n) is 8.22. The van der Waals surface area contributed by atoms with Crippen LogP contribution in [0.4, 0.5) is 5.69 Å². The second-order valence-corrected chi connectivity index (χ2v) is 7.55. The number of carbonyl (C=O) groups is 2. The first-order chi connectivity index (χ1) is 12.9. The SMILES string of the molecule is Cc1nc(-c2ccccc2)sc1C(=O)Nc1cc(C(=O)N(C)C)ccc1Cl. The summed E-state index contributed by atoms with van der Waals surface area (Å²) in [5, 5.41) is 3.94. The lowest BCUT2D eigenvalue weighted by Gasteiger charge is -2.12. The summed E-state index contributed by atoms with van der Waals surface area (Å²) >= 11 is 7.52. The molecule has 0 saturated heterocycles. The summed E-state index contributed by atoms with van der Waals surface area (Å²) in [6.07, 6.45) is 0. The lowest BCUT2D eigenvalue weighted by molar-refractivity contribution is 0.0827. The molecule has 1 N–H and O–H groups in total. The molecule has 0 spiro atoms. The molecule has 5 nitrogen and oxygen atoms in total. The van der Waals surface area contributed by atoms with Crippen molar-refractivity contribution in [3.8, 4) is 10.6 Å². The van der Waals surface area contributed by atoms with E-state index in [-0.39, 0.29) is 11.8 Å². The molecule has 0 unspecified atom stereocenters. The van der Waals surface area contributed by atoms with Gasteiger partial charge in [-0.1, -0.05) is 41.9 Å². The highest BCUT2D eigenvalue weighted by atomic mass is 35.5. The number of hydrogen-bond acceptors (Lipinski definition) is 4. The molecule has 3 rings (SSSR count). The van der Waals surface area contributed by atoms with Crippen LogP contribution in [0.5, 0.6) is 0 Å². The van der Waals surface area contributed by atoms with Gasteiger partial charge in [0.2, 0.25) is 0 Å². The zero-order chi connectivity index (χ0) is 19.6. The number of nitrogens with zero attached hydrogens (tertiary/aromatic N) is 2. The van der Waals surface area contributed by atoms with Gasteiger partial charge in [-0.05, 0) is 25.1 Å². The number of carbonyl (C=O) groups excluding carboxylic acids is 2. The summed E-state index contributed by atoms with van der Waals surface area (Å²) in [4.78, 5) is 31.4. The third-order valence-electron chi connectivity index (χ3n) is 3.89. The van der Waals surface area contributed by atoms with E-state index in [4.69, 9.17) is 11.6 Å². The standard InChI is InChI=1S/C20H18ClN3O2S/c1-12-17(27-19(22-12)13-7-5-4-6-8-13)18(25)23-16-11-14(9-10-15(16)21)20(26)24(2)3/h4-11H,1-3H3,(H,23,25). The lowest BCUT2D eigenvalue weighted by Crippen LogP contribution is -2.22. The second kappa shape index (κ2) is 7.90. The average molecular weight is 400 g/mol. The molecule has 1 heterocycles. The molecule has 0 aliphatic rings. The van der Waals surface area contributed by atoms with Gasteiger partial charge in [0.1, 0.15) is 9.88 Å². The van der Waals surface area contributed by atoms with Crippen LogP contribution in [0.1, 0.15) is 25.7 Å². The zero-order valence-electron chi connectivity index (χ0n) is 15.1. The number of amides is 2. The molecule has 0 radical (unpaired) electrons. The van der Waals surface area contributed by atoms with E-state index in [1.165, 1.54) is 16.2 Å². The fourth-order valence-electron chi connectivity index (χ4n) is 2.50. The zero-order valence-corrected chi connectivity index (χ0v) is 16.7. The minimum Gasteiger partial charge on any atom is -0.345 e. The van der Waals surface area contributed by atoms with Crippen molar-refractivity contribution in [3.05, 3.63) is 69.7 Å². The van der Waals surface area contributed by atoms with Crippen LogP contribution in [0.3, 0.4) is 0 Å². The molecule has 2 aromatic carbocycles. The largest absolute Gasteiger partial charge is 0.345 e. The molecular weight excluding hydrogens is 382 g/mol. The Labute approximate surface area is 166 Å². The van der Waals surface area contributed by atoms with Crippen molar-refractivity contribution in [2.45, 2.75) is 6.92 Å². The third kappa shape index (κ3) is 4.18. The van der Waals surface area contributed by atoms with Gasteiger partial charge < -0.3 is 10.2 Å². The molecule has 0 saturated carbocycles. The van der Waals surface area contributed by atoms with E-state index >= 15 is 0 Å². The minimum atomic E-state index is -0.302. The lowest BCUT2D eigenvalue weighted by atomic mass is 10.1. The van der Waals surface area contributed by atoms with E-state index in [1.807, 2.05) is 30.3 Å². The van der Waals surface area contributed by atoms with Crippen LogP contribution in [0.25, 0.3) is 10.6 Å². The van der Waals surface area contributed by atoms with Gasteiger partial charge in [-0.3, -0.25) is 9.59 Å². The molecule has 7 heteroatoms. The first kappa shape index (κ1) is 19.1. The van der Waals surface area contributed by atoms with Crippen LogP contribution in [-0.2, 0) is 0 Å². The van der Waals surface area contributed by atoms with E-state index < -0.39 is 0 Å². The van der Waals surface area contributed by atoms with Gasteiger partial charge in [-0.25, -0.2) is 4.98 Å². The van der Waals surface area contributed by atoms with Crippen molar-refractivity contribution < 1.29 is 9.59 Å². The molecule has 1 aromatic heterocycles. The van der Waals surface area contributed by atoms with Gasteiger partial charge in [0.15, 0.2) is 0 Å². The summed E-state index contributed by atoms with van der Waals surface area (Å²) in [7, 11) is 3.34. The Balaban J connectivity index is 1.87. The molecule has 3 aromatic rings. The van der Waals surface area contributed by atoms with E-state index in [1.54, 1.807) is 39.2 Å². The van der Waals surface area contributed by atoms with E-state index in [2.05, 4.69) is 10.3 Å². The molecule has 27 heavy (non-hydrogen) atoms. The number of benzene rings is 2. The van der Waals surface area contributed by atoms with Crippen molar-refractivity contribution in [1.29, 1.82) is 0 Å². The number of thiazole rings is 1. The Morgan fingerprint density at radius 2 is 1.81 bits per heavy atom. The number of hydrogen-bond donors (Lipinski definition) is 1. The maximum absolute atomic E-state index is 12.8. The van der Waals surface area contributed by atoms with Crippen LogP contribution in [0.2, 0.25) is 5.02 Å². The first-order valence-corrected chi connectivity index (χ1v) is 9.41. The van der Waals surface area contributed by atoms with Gasteiger partial charge in [0.25, 0.3) is 11.8 Å². The Bertz CT molecular complexity index is 1000. The fraction of sp³-hybridized carbons (Fsp3) is 0.150. The van der Waals surface area contributed by atoms with Gasteiger partial charge >= 0.3 is 0 Å². The topological polar surface area (TPSA) is 62.3 Å². The maximum Gasteiger partial charge on any atom is 0.267 e. The van der Waals surface area contributed by atoms with Gasteiger partial charge in [-0.2, -0.15) is 0 Å². The van der Waals surface area contributed by atoms with Crippen molar-refractivity contribution in [3.63, 3.8) is 0 Å². The summed E-state index contributed by atoms with van der Waals surface area (Å²) in [5.41, 5.74) is 2.45. The van der Waals surface area contributed by atoms with E-state index in [0.29, 0.717) is 26.8 Å². The Morgan fingerprint density at radius 3 is 2.48 bits per heavy atom. The Morgan fingerprint density at radius 1 is 1.11 bits per heavy atom. The van der Waals surface area contributed by atoms with Crippen LogP contribution in [0.15, 0.2) is 48.5 Å². The highest BCUT2D eigenvalue weighted by molar-refractivity contribution is 7.17. The summed E-state index contributed by atoms with van der Waals surface area (Å²) in [6, 6.07) is 14.5. The summed E-state index contributed by atoms with van der Waals surface area (Å²) in [5.74, 6) is -0.467. The summed E-state index contributed by atoms with van der Waals surface area (Å²) < 4.78 is 0. The number of nitrogens with one attached hydrogen (secondary N) is 1. The van der Waals surface area contributed by atoms with Crippen LogP contribution in [-0.4, -0.2) is 35.8 Å². The molecule has 0 aliphatic heterocycles. The van der Waals surface area contributed by atoms with Crippen molar-refractivity contribution in [1.82, 2.24) is 9.88 Å². The number of aryl methyl sites for hydroxylation is 1. The van der Waals surface area contributed by atoms with Crippen molar-refractivity contribution in [2.75, 3.05) is 19.4 Å². The highest BCUT2D eigenvalue weighted by Gasteiger charge is 2.18. The highest BCUT2D eigenvalue weighted by Crippen LogP contribution is 2.30. The van der Waals surface area contributed by atoms with Crippen molar-refractivity contribution in [2.24, 2.45) is 0 Å². The van der Waals surface area contributed by atoms with Crippen LogP contribution in [0, 0.1) is 6.92 Å². The third-order valence-corrected chi connectivity index (χ3v) is 5.43. The van der Waals surface area contributed by atoms with Gasteiger partial charge in [-0.15, -0.1) is 11.3 Å². The maximum atomic E-state index is 12.8. The van der Waals surface area contributed by atoms with Crippen molar-refractivity contribution >= 4 is 40.4 Å². The second-order valence-electron chi connectivity index (χ2n) is 6.15. The molecule has 138 valence electrons. The van der Waals surface area contributed by atoms with Gasteiger partial charge in [0, 0.05) is 25.2 Å². The van der Waals surface area contributed by atoms with Gasteiger partial charge in [0.05, 0.1) is 16.4 Å². The predicted octanol–water partition coefficient (Wildman–Crippen LogP) is 4.73. The summed E-state index contributed by atoms with van der Waals surface area (Å²) in [6.45, 7) is 1.80. The molecule has 0 bridgehead atoms. The monoisotopic (exact) mass is 399 g/mol. The fourth-order valence-corrected chi connectivity index (χ4v) is 3.63. The molecule has 0 atom stereocenters. The normalized spacial score (nSPS) is 10.5. The number of aromatic nitrogens is 1. The molecular formula is C20H18ClN3O2S. The smallest absolute Gasteiger partial charge is 0.267 e. The van der Waals surface area contributed by atoms with E-state index in [0.717, 1.165) is 10.6 Å². The number of anilines is 1. The number of halogens is 1. The van der Waals surface area contributed by atoms with Crippen LogP contribution < -0.4 is 5.32 Å². The predicted molar refractivity (Wildman–Crippen MR) is 110 cm³/mol. The Hall–Kier alpha value is -2.70. The number of rotatable bonds is 4. The molecule has 0 fully saturated rings. The molecule has 0 aliphatic carbocycles. The average Bonchev–Trinajstić information content (AvgIpc) is 3.05. The van der Waals surface area contributed by atoms with Crippen LogP contribution >= 0.6 is 22.9 Å². The van der Waals surface area contributed by atoms with E-state index in [9.17, 15) is 9.59 Å². The minimum absolute atomic E-state index is 0.164. The Kier molecular flexibility index (Phi) is 5.58.